The van der Waals surface area contributed by atoms with E-state index in [1.165, 1.54) is 6.42 Å². The highest BCUT2D eigenvalue weighted by atomic mass is 16.6. The first-order valence-corrected chi connectivity index (χ1v) is 11.5. The third-order valence-corrected chi connectivity index (χ3v) is 6.43. The highest BCUT2D eigenvalue weighted by Crippen LogP contribution is 2.25. The Kier molecular flexibility index (Phi) is 8.19. The number of hydrogen-bond acceptors (Lipinski definition) is 6. The van der Waals surface area contributed by atoms with Crippen LogP contribution >= 0.6 is 0 Å². The molecule has 7 nitrogen and oxygen atoms in total. The molecule has 1 amide bonds. The van der Waals surface area contributed by atoms with E-state index in [4.69, 9.17) is 14.2 Å². The van der Waals surface area contributed by atoms with Gasteiger partial charge in [-0.05, 0) is 53.4 Å². The van der Waals surface area contributed by atoms with Gasteiger partial charge >= 0.3 is 6.09 Å². The van der Waals surface area contributed by atoms with Gasteiger partial charge in [0.2, 0.25) is 0 Å². The number of hydrogen-bond donors (Lipinski definition) is 1. The number of carbonyl (C=O) groups is 1. The molecule has 0 saturated carbocycles. The number of piperidine rings is 1. The lowest BCUT2D eigenvalue weighted by Crippen LogP contribution is -2.57. The normalized spacial score (nSPS) is 28.9. The van der Waals surface area contributed by atoms with Crippen LogP contribution in [-0.4, -0.2) is 92.2 Å². The van der Waals surface area contributed by atoms with Crippen LogP contribution in [0, 0.1) is 5.92 Å². The molecule has 3 saturated heterocycles. The molecular weight excluding hydrogens is 370 g/mol. The smallest absolute Gasteiger partial charge is 0.410 e. The monoisotopic (exact) mass is 411 g/mol. The Morgan fingerprint density at radius 3 is 2.52 bits per heavy atom. The number of nitrogens with one attached hydrogen (secondary N) is 1. The first kappa shape index (κ1) is 22.8. The molecule has 3 rings (SSSR count). The molecule has 1 N–H and O–H groups in total. The molecule has 3 aliphatic heterocycles. The van der Waals surface area contributed by atoms with Gasteiger partial charge in [-0.3, -0.25) is 4.90 Å². The largest absolute Gasteiger partial charge is 0.444 e. The molecule has 7 heteroatoms. The summed E-state index contributed by atoms with van der Waals surface area (Å²) in [5.41, 5.74) is -0.459. The van der Waals surface area contributed by atoms with Gasteiger partial charge in [-0.15, -0.1) is 0 Å². The van der Waals surface area contributed by atoms with Crippen LogP contribution in [0.15, 0.2) is 0 Å². The van der Waals surface area contributed by atoms with Gasteiger partial charge in [-0.2, -0.15) is 0 Å². The molecule has 29 heavy (non-hydrogen) atoms. The number of nitrogens with zero attached hydrogens (tertiary/aromatic N) is 2. The zero-order chi connectivity index (χ0) is 20.9. The van der Waals surface area contributed by atoms with Gasteiger partial charge in [0.15, 0.2) is 0 Å². The maximum atomic E-state index is 12.8. The minimum atomic E-state index is -0.459. The summed E-state index contributed by atoms with van der Waals surface area (Å²) in [6, 6.07) is 0.875. The molecule has 0 aromatic carbocycles. The van der Waals surface area contributed by atoms with E-state index in [9.17, 15) is 4.79 Å². The SMILES string of the molecule is C[C@H](NC[C@H]([C@H]1CCOC1)N1CCOCC1)[C@@H]1CCCCN1C(=O)OC(C)(C)C. The Hall–Kier alpha value is -0.890. The molecule has 0 spiro atoms. The summed E-state index contributed by atoms with van der Waals surface area (Å²) in [5.74, 6) is 0.570. The molecule has 3 fully saturated rings. The van der Waals surface area contributed by atoms with Crippen molar-refractivity contribution < 1.29 is 19.0 Å². The summed E-state index contributed by atoms with van der Waals surface area (Å²) in [5, 5.41) is 3.79. The Bertz CT molecular complexity index is 513. The van der Waals surface area contributed by atoms with E-state index in [2.05, 4.69) is 17.1 Å². The average molecular weight is 412 g/mol. The van der Waals surface area contributed by atoms with E-state index in [1.807, 2.05) is 25.7 Å². The van der Waals surface area contributed by atoms with Crippen LogP contribution < -0.4 is 5.32 Å². The highest BCUT2D eigenvalue weighted by Gasteiger charge is 2.36. The van der Waals surface area contributed by atoms with Crippen molar-refractivity contribution >= 4 is 6.09 Å². The third kappa shape index (κ3) is 6.54. The van der Waals surface area contributed by atoms with Crippen LogP contribution in [0.4, 0.5) is 4.79 Å². The topological polar surface area (TPSA) is 63.3 Å². The summed E-state index contributed by atoms with van der Waals surface area (Å²) >= 11 is 0. The van der Waals surface area contributed by atoms with Gasteiger partial charge in [0.05, 0.1) is 25.9 Å². The van der Waals surface area contributed by atoms with Crippen molar-refractivity contribution in [2.24, 2.45) is 5.92 Å². The fourth-order valence-electron chi connectivity index (χ4n) is 4.83. The number of carbonyl (C=O) groups excluding carboxylic acids is 1. The molecular formula is C22H41N3O4. The predicted octanol–water partition coefficient (Wildman–Crippen LogP) is 2.49. The second-order valence-electron chi connectivity index (χ2n) is 9.77. The van der Waals surface area contributed by atoms with E-state index in [0.717, 1.165) is 71.9 Å². The molecule has 4 atom stereocenters. The van der Waals surface area contributed by atoms with E-state index >= 15 is 0 Å². The third-order valence-electron chi connectivity index (χ3n) is 6.43. The zero-order valence-corrected chi connectivity index (χ0v) is 18.8. The van der Waals surface area contributed by atoms with Gasteiger partial charge in [0, 0.05) is 50.8 Å². The molecule has 3 aliphatic rings. The number of amides is 1. The molecule has 3 heterocycles. The fraction of sp³-hybridized carbons (Fsp3) is 0.955. The highest BCUT2D eigenvalue weighted by molar-refractivity contribution is 5.68. The Balaban J connectivity index is 1.59. The molecule has 0 bridgehead atoms. The molecule has 168 valence electrons. The van der Waals surface area contributed by atoms with Crippen molar-refractivity contribution in [2.75, 3.05) is 52.6 Å². The Labute approximate surface area is 176 Å². The summed E-state index contributed by atoms with van der Waals surface area (Å²) in [7, 11) is 0. The van der Waals surface area contributed by atoms with Gasteiger partial charge < -0.3 is 24.4 Å². The van der Waals surface area contributed by atoms with E-state index < -0.39 is 5.60 Å². The summed E-state index contributed by atoms with van der Waals surface area (Å²) in [6.07, 6.45) is 4.20. The van der Waals surface area contributed by atoms with Crippen molar-refractivity contribution in [1.82, 2.24) is 15.1 Å². The fourth-order valence-corrected chi connectivity index (χ4v) is 4.83. The number of rotatable bonds is 6. The Morgan fingerprint density at radius 2 is 1.86 bits per heavy atom. The second kappa shape index (κ2) is 10.4. The van der Waals surface area contributed by atoms with Gasteiger partial charge in [0.25, 0.3) is 0 Å². The van der Waals surface area contributed by atoms with Crippen LogP contribution in [-0.2, 0) is 14.2 Å². The molecule has 0 unspecified atom stereocenters. The second-order valence-corrected chi connectivity index (χ2v) is 9.77. The van der Waals surface area contributed by atoms with Gasteiger partial charge in [-0.25, -0.2) is 4.79 Å². The minimum Gasteiger partial charge on any atom is -0.444 e. The lowest BCUT2D eigenvalue weighted by molar-refractivity contribution is -0.00391. The maximum Gasteiger partial charge on any atom is 0.410 e. The number of ether oxygens (including phenoxy) is 3. The van der Waals surface area contributed by atoms with Crippen molar-refractivity contribution in [3.63, 3.8) is 0 Å². The van der Waals surface area contributed by atoms with E-state index in [1.54, 1.807) is 0 Å². The van der Waals surface area contributed by atoms with Gasteiger partial charge in [0.1, 0.15) is 5.60 Å². The average Bonchev–Trinajstić information content (AvgIpc) is 3.22. The lowest BCUT2D eigenvalue weighted by atomic mass is 9.94. The summed E-state index contributed by atoms with van der Waals surface area (Å²) in [4.78, 5) is 17.3. The number of likely N-dealkylation sites (tertiary alicyclic amines) is 1. The van der Waals surface area contributed by atoms with Crippen LogP contribution in [0.25, 0.3) is 0 Å². The maximum absolute atomic E-state index is 12.8. The molecule has 0 aromatic heterocycles. The molecule has 0 aliphatic carbocycles. The summed E-state index contributed by atoms with van der Waals surface area (Å²) < 4.78 is 16.9. The van der Waals surface area contributed by atoms with Crippen molar-refractivity contribution in [3.05, 3.63) is 0 Å². The quantitative estimate of drug-likeness (QED) is 0.725. The minimum absolute atomic E-state index is 0.176. The van der Waals surface area contributed by atoms with Crippen LogP contribution in [0.3, 0.4) is 0 Å². The lowest BCUT2D eigenvalue weighted by Gasteiger charge is -2.42. The predicted molar refractivity (Wildman–Crippen MR) is 113 cm³/mol. The van der Waals surface area contributed by atoms with Crippen molar-refractivity contribution in [2.45, 2.75) is 77.1 Å². The standard InChI is InChI=1S/C22H41N3O4/c1-17(19-7-5-6-9-25(19)21(26)29-22(2,3)4)23-15-20(18-8-12-28-16-18)24-10-13-27-14-11-24/h17-20,23H,5-16H2,1-4H3/t17-,18-,19-,20+/m0/s1. The first-order valence-electron chi connectivity index (χ1n) is 11.5. The van der Waals surface area contributed by atoms with Crippen molar-refractivity contribution in [3.8, 4) is 0 Å². The van der Waals surface area contributed by atoms with E-state index in [0.29, 0.717) is 12.0 Å². The van der Waals surface area contributed by atoms with Crippen LogP contribution in [0.1, 0.15) is 53.4 Å². The zero-order valence-electron chi connectivity index (χ0n) is 18.8. The van der Waals surface area contributed by atoms with Crippen molar-refractivity contribution in [1.29, 1.82) is 0 Å². The Morgan fingerprint density at radius 1 is 1.10 bits per heavy atom. The number of morpholine rings is 1. The molecule has 0 radical (unpaired) electrons. The van der Waals surface area contributed by atoms with E-state index in [-0.39, 0.29) is 18.2 Å². The summed E-state index contributed by atoms with van der Waals surface area (Å²) in [6.45, 7) is 15.1. The van der Waals surface area contributed by atoms with Crippen LogP contribution in [0.5, 0.6) is 0 Å². The molecule has 0 aromatic rings. The van der Waals surface area contributed by atoms with Crippen LogP contribution in [0.2, 0.25) is 0 Å². The first-order chi connectivity index (χ1) is 13.8. The van der Waals surface area contributed by atoms with Gasteiger partial charge in [-0.1, -0.05) is 0 Å².